The van der Waals surface area contributed by atoms with Gasteiger partial charge in [0.05, 0.1) is 17.8 Å². The molecule has 1 heterocycles. The number of amides is 1. The van der Waals surface area contributed by atoms with Crippen molar-refractivity contribution in [2.75, 3.05) is 11.1 Å². The van der Waals surface area contributed by atoms with E-state index in [1.54, 1.807) is 47.7 Å². The molecule has 0 aliphatic carbocycles. The van der Waals surface area contributed by atoms with Gasteiger partial charge in [-0.25, -0.2) is 0 Å². The molecular weight excluding hydrogens is 508 g/mol. The van der Waals surface area contributed by atoms with Gasteiger partial charge >= 0.3 is 6.18 Å². The second-order valence-corrected chi connectivity index (χ2v) is 10.2. The second kappa shape index (κ2) is 10.7. The van der Waals surface area contributed by atoms with E-state index in [1.165, 1.54) is 18.2 Å². The van der Waals surface area contributed by atoms with Crippen molar-refractivity contribution in [1.82, 2.24) is 0 Å². The van der Waals surface area contributed by atoms with Crippen molar-refractivity contribution in [1.29, 1.82) is 0 Å². The molecule has 0 fully saturated rings. The Kier molecular flexibility index (Phi) is 7.64. The van der Waals surface area contributed by atoms with Gasteiger partial charge in [0.25, 0.3) is 5.91 Å². The lowest BCUT2D eigenvalue weighted by atomic mass is 9.97. The van der Waals surface area contributed by atoms with E-state index in [1.807, 2.05) is 23.6 Å². The van der Waals surface area contributed by atoms with E-state index >= 15 is 0 Å². The number of hydrogen-bond donors (Lipinski definition) is 3. The quantitative estimate of drug-likeness (QED) is 0.201. The Morgan fingerprint density at radius 1 is 1.03 bits per heavy atom. The minimum absolute atomic E-state index is 0.00432. The van der Waals surface area contributed by atoms with Crippen LogP contribution in [0.3, 0.4) is 0 Å². The molecule has 0 aliphatic heterocycles. The van der Waals surface area contributed by atoms with Crippen LogP contribution in [0.4, 0.5) is 24.5 Å². The van der Waals surface area contributed by atoms with Gasteiger partial charge in [0.15, 0.2) is 0 Å². The summed E-state index contributed by atoms with van der Waals surface area (Å²) in [6.45, 7) is 0. The number of nitrogens with one attached hydrogen (secondary N) is 1. The summed E-state index contributed by atoms with van der Waals surface area (Å²) in [6, 6.07) is 19.7. The maximum absolute atomic E-state index is 13.1. The van der Waals surface area contributed by atoms with Crippen LogP contribution in [0.15, 0.2) is 78.2 Å². The van der Waals surface area contributed by atoms with Crippen molar-refractivity contribution in [2.24, 2.45) is 0 Å². The number of nitrogen functional groups attached to an aromatic ring is 1. The Hall–Kier alpha value is -3.39. The minimum atomic E-state index is -4.46. The first-order valence-corrected chi connectivity index (χ1v) is 13.1. The van der Waals surface area contributed by atoms with E-state index in [0.29, 0.717) is 22.5 Å². The number of carbonyl (C=O) groups is 1. The molecule has 1 aromatic heterocycles. The average molecular weight is 531 g/mol. The highest BCUT2D eigenvalue weighted by molar-refractivity contribution is 7.47. The Balaban J connectivity index is 1.54. The van der Waals surface area contributed by atoms with Crippen LogP contribution >= 0.6 is 19.4 Å². The number of thiophene rings is 1. The smallest absolute Gasteiger partial charge is 0.393 e. The predicted octanol–water partition coefficient (Wildman–Crippen LogP) is 6.04. The lowest BCUT2D eigenvalue weighted by Crippen LogP contribution is -2.18. The molecule has 5 nitrogen and oxygen atoms in total. The Labute approximate surface area is 210 Å². The number of alkyl halides is 3. The number of benzene rings is 3. The van der Waals surface area contributed by atoms with Crippen molar-refractivity contribution >= 4 is 42.0 Å². The van der Waals surface area contributed by atoms with Crippen LogP contribution in [0.5, 0.6) is 0 Å². The molecule has 0 saturated heterocycles. The molecule has 0 saturated carbocycles. The summed E-state index contributed by atoms with van der Waals surface area (Å²) in [5, 5.41) is 4.76. The zero-order valence-electron chi connectivity index (χ0n) is 18.8. The number of nitrogens with two attached hydrogens (primary N) is 1. The third kappa shape index (κ3) is 6.23. The SMILES string of the molecule is Nc1ccc(-c2cccs2)cc1NC(=O)c1ccc(Cc2c(CC(F)(F)F)cccc2[PH](=O)O)cc1. The van der Waals surface area contributed by atoms with E-state index < -0.39 is 26.5 Å². The lowest BCUT2D eigenvalue weighted by Gasteiger charge is -2.15. The highest BCUT2D eigenvalue weighted by atomic mass is 32.1. The Morgan fingerprint density at radius 3 is 2.42 bits per heavy atom. The summed E-state index contributed by atoms with van der Waals surface area (Å²) >= 11 is 1.57. The Bertz CT molecular complexity index is 1410. The molecule has 1 amide bonds. The van der Waals surface area contributed by atoms with Crippen molar-refractivity contribution in [3.8, 4) is 10.4 Å². The maximum Gasteiger partial charge on any atom is 0.393 e. The second-order valence-electron chi connectivity index (χ2n) is 8.15. The summed E-state index contributed by atoms with van der Waals surface area (Å²) in [7, 11) is -3.21. The van der Waals surface area contributed by atoms with Gasteiger partial charge in [0.1, 0.15) is 0 Å². The van der Waals surface area contributed by atoms with Crippen LogP contribution in [-0.2, 0) is 17.4 Å². The first kappa shape index (κ1) is 25.7. The summed E-state index contributed by atoms with van der Waals surface area (Å²) in [6.07, 6.45) is -5.63. The summed E-state index contributed by atoms with van der Waals surface area (Å²) in [4.78, 5) is 23.5. The van der Waals surface area contributed by atoms with Gasteiger partial charge in [-0.1, -0.05) is 36.4 Å². The molecule has 0 radical (unpaired) electrons. The summed E-state index contributed by atoms with van der Waals surface area (Å²) in [5.74, 6) is -0.393. The molecular formula is C26H22F3N2O3PS. The molecule has 186 valence electrons. The van der Waals surface area contributed by atoms with Gasteiger partial charge in [-0.05, 0) is 70.5 Å². The standard InChI is InChI=1S/C26H22F3N2O3PS/c27-26(28,29)15-19-3-1-4-23(35(33)34)20(19)13-16-6-8-17(9-7-16)25(32)31-22-14-18(10-11-21(22)30)24-5-2-12-36-24/h1-12,14,35H,13,15,30H2,(H,31,32)(H,33,34). The van der Waals surface area contributed by atoms with Crippen molar-refractivity contribution in [3.05, 3.63) is 100 Å². The zero-order valence-corrected chi connectivity index (χ0v) is 20.6. The highest BCUT2D eigenvalue weighted by Gasteiger charge is 2.29. The summed E-state index contributed by atoms with van der Waals surface area (Å²) in [5.41, 5.74) is 8.90. The minimum Gasteiger partial charge on any atom is -0.397 e. The molecule has 3 aromatic carbocycles. The molecule has 0 spiro atoms. The molecule has 4 aromatic rings. The van der Waals surface area contributed by atoms with Gasteiger partial charge in [-0.3, -0.25) is 9.36 Å². The van der Waals surface area contributed by atoms with Crippen LogP contribution in [-0.4, -0.2) is 17.0 Å². The van der Waals surface area contributed by atoms with Gasteiger partial charge in [0, 0.05) is 15.7 Å². The molecule has 1 unspecified atom stereocenters. The monoisotopic (exact) mass is 530 g/mol. The highest BCUT2D eigenvalue weighted by Crippen LogP contribution is 2.31. The molecule has 1 atom stereocenters. The normalized spacial score (nSPS) is 12.3. The van der Waals surface area contributed by atoms with Gasteiger partial charge < -0.3 is 15.9 Å². The Morgan fingerprint density at radius 2 is 1.78 bits per heavy atom. The van der Waals surface area contributed by atoms with Crippen LogP contribution in [0.2, 0.25) is 0 Å². The third-order valence-corrected chi connectivity index (χ3v) is 7.45. The van der Waals surface area contributed by atoms with Crippen molar-refractivity contribution < 1.29 is 27.4 Å². The summed E-state index contributed by atoms with van der Waals surface area (Å²) < 4.78 is 51.0. The number of carbonyl (C=O) groups excluding carboxylic acids is 1. The lowest BCUT2D eigenvalue weighted by molar-refractivity contribution is -0.127. The van der Waals surface area contributed by atoms with Crippen LogP contribution in [0.25, 0.3) is 10.4 Å². The largest absolute Gasteiger partial charge is 0.397 e. The maximum atomic E-state index is 13.1. The topological polar surface area (TPSA) is 92.4 Å². The van der Waals surface area contributed by atoms with E-state index in [9.17, 15) is 27.4 Å². The van der Waals surface area contributed by atoms with Crippen LogP contribution < -0.4 is 16.4 Å². The molecule has 0 aliphatic rings. The number of anilines is 2. The molecule has 10 heteroatoms. The fraction of sp³-hybridized carbons (Fsp3) is 0.115. The fourth-order valence-corrected chi connectivity index (χ4v) is 5.33. The first-order valence-electron chi connectivity index (χ1n) is 10.9. The number of halogens is 3. The number of rotatable bonds is 7. The first-order chi connectivity index (χ1) is 17.1. The fourth-order valence-electron chi connectivity index (χ4n) is 3.86. The van der Waals surface area contributed by atoms with E-state index in [-0.39, 0.29) is 22.9 Å². The molecule has 4 N–H and O–H groups in total. The van der Waals surface area contributed by atoms with Gasteiger partial charge in [-0.15, -0.1) is 11.3 Å². The van der Waals surface area contributed by atoms with E-state index in [4.69, 9.17) is 5.73 Å². The molecule has 4 rings (SSSR count). The third-order valence-electron chi connectivity index (χ3n) is 5.60. The average Bonchev–Trinajstić information content (AvgIpc) is 3.36. The van der Waals surface area contributed by atoms with Gasteiger partial charge in [-0.2, -0.15) is 13.2 Å². The number of hydrogen-bond acceptors (Lipinski definition) is 4. The van der Waals surface area contributed by atoms with Crippen molar-refractivity contribution in [3.63, 3.8) is 0 Å². The van der Waals surface area contributed by atoms with Crippen LogP contribution in [0, 0.1) is 0 Å². The predicted molar refractivity (Wildman–Crippen MR) is 138 cm³/mol. The van der Waals surface area contributed by atoms with Crippen molar-refractivity contribution in [2.45, 2.75) is 19.0 Å². The van der Waals surface area contributed by atoms with E-state index in [0.717, 1.165) is 10.4 Å². The molecule has 36 heavy (non-hydrogen) atoms. The molecule has 0 bridgehead atoms. The van der Waals surface area contributed by atoms with Gasteiger partial charge in [0.2, 0.25) is 8.03 Å². The van der Waals surface area contributed by atoms with Crippen LogP contribution in [0.1, 0.15) is 27.0 Å². The van der Waals surface area contributed by atoms with E-state index in [2.05, 4.69) is 5.32 Å². The zero-order chi connectivity index (χ0) is 25.9.